The Morgan fingerprint density at radius 3 is 2.90 bits per heavy atom. The molecule has 0 saturated heterocycles. The van der Waals surface area contributed by atoms with Crippen molar-refractivity contribution in [3.63, 3.8) is 0 Å². The fraction of sp³-hybridized carbons (Fsp3) is 0.471. The Labute approximate surface area is 129 Å². The van der Waals surface area contributed by atoms with E-state index in [0.717, 1.165) is 22.5 Å². The van der Waals surface area contributed by atoms with E-state index < -0.39 is 0 Å². The lowest BCUT2D eigenvalue weighted by Crippen LogP contribution is -2.31. The molecule has 1 aliphatic rings. The highest BCUT2D eigenvalue weighted by atomic mass is 79.9. The van der Waals surface area contributed by atoms with Crippen LogP contribution in [0.15, 0.2) is 34.9 Å². The highest BCUT2D eigenvalue weighted by molar-refractivity contribution is 9.10. The van der Waals surface area contributed by atoms with Crippen LogP contribution in [0.5, 0.6) is 0 Å². The third-order valence-corrected chi connectivity index (χ3v) is 5.21. The van der Waals surface area contributed by atoms with Crippen LogP contribution >= 0.6 is 15.9 Å². The smallest absolute Gasteiger partial charge is 0.0758 e. The Morgan fingerprint density at radius 2 is 2.10 bits per heavy atom. The van der Waals surface area contributed by atoms with Gasteiger partial charge in [-0.05, 0) is 43.4 Å². The summed E-state index contributed by atoms with van der Waals surface area (Å²) in [6, 6.07) is 9.01. The summed E-state index contributed by atoms with van der Waals surface area (Å²) in [6.07, 6.45) is 7.44. The van der Waals surface area contributed by atoms with Crippen LogP contribution in [0.1, 0.15) is 38.2 Å². The summed E-state index contributed by atoms with van der Waals surface area (Å²) in [5.41, 5.74) is 2.39. The first-order valence-electron chi connectivity index (χ1n) is 7.51. The van der Waals surface area contributed by atoms with Crippen molar-refractivity contribution < 1.29 is 0 Å². The molecule has 1 N–H and O–H groups in total. The van der Waals surface area contributed by atoms with Gasteiger partial charge in [-0.2, -0.15) is 0 Å². The Hall–Kier alpha value is -0.930. The largest absolute Gasteiger partial charge is 0.310 e. The van der Waals surface area contributed by atoms with E-state index in [0.29, 0.717) is 6.04 Å². The molecule has 1 heterocycles. The highest BCUT2D eigenvalue weighted by Gasteiger charge is 2.21. The zero-order chi connectivity index (χ0) is 13.9. The van der Waals surface area contributed by atoms with Gasteiger partial charge in [0.05, 0.1) is 5.52 Å². The van der Waals surface area contributed by atoms with Crippen LogP contribution in [0.3, 0.4) is 0 Å². The number of rotatable bonds is 4. The Kier molecular flexibility index (Phi) is 4.37. The van der Waals surface area contributed by atoms with Crippen molar-refractivity contribution in [2.24, 2.45) is 5.92 Å². The zero-order valence-electron chi connectivity index (χ0n) is 11.9. The molecule has 0 amide bonds. The van der Waals surface area contributed by atoms with Gasteiger partial charge in [-0.15, -0.1) is 0 Å². The average molecular weight is 333 g/mol. The molecule has 3 heteroatoms. The normalized spacial score (nSPS) is 17.7. The Bertz CT molecular complexity index is 591. The average Bonchev–Trinajstić information content (AvgIpc) is 3.01. The zero-order valence-corrected chi connectivity index (χ0v) is 13.5. The molecule has 1 aliphatic carbocycles. The van der Waals surface area contributed by atoms with Gasteiger partial charge in [-0.3, -0.25) is 4.98 Å². The van der Waals surface area contributed by atoms with Crippen molar-refractivity contribution in [1.29, 1.82) is 0 Å². The van der Waals surface area contributed by atoms with Crippen LogP contribution in [-0.2, 0) is 6.54 Å². The lowest BCUT2D eigenvalue weighted by molar-refractivity contribution is 0.381. The maximum Gasteiger partial charge on any atom is 0.0758 e. The van der Waals surface area contributed by atoms with Crippen LogP contribution in [0.4, 0.5) is 0 Å². The van der Waals surface area contributed by atoms with Gasteiger partial charge in [-0.25, -0.2) is 0 Å². The summed E-state index contributed by atoms with van der Waals surface area (Å²) >= 11 is 3.60. The highest BCUT2D eigenvalue weighted by Crippen LogP contribution is 2.28. The lowest BCUT2D eigenvalue weighted by atomic mass is 9.99. The molecule has 0 radical (unpaired) electrons. The van der Waals surface area contributed by atoms with Crippen LogP contribution in [0.2, 0.25) is 0 Å². The fourth-order valence-corrected chi connectivity index (χ4v) is 3.69. The van der Waals surface area contributed by atoms with Gasteiger partial charge in [-0.1, -0.05) is 40.9 Å². The number of halogens is 1. The van der Waals surface area contributed by atoms with E-state index in [4.69, 9.17) is 0 Å². The Balaban J connectivity index is 1.76. The van der Waals surface area contributed by atoms with E-state index in [2.05, 4.69) is 51.4 Å². The van der Waals surface area contributed by atoms with E-state index in [1.54, 1.807) is 0 Å². The summed E-state index contributed by atoms with van der Waals surface area (Å²) in [7, 11) is 0. The van der Waals surface area contributed by atoms with Crippen molar-refractivity contribution >= 4 is 26.8 Å². The van der Waals surface area contributed by atoms with Gasteiger partial charge < -0.3 is 5.32 Å². The van der Waals surface area contributed by atoms with Crippen molar-refractivity contribution in [1.82, 2.24) is 10.3 Å². The first kappa shape index (κ1) is 14.0. The number of aromatic nitrogens is 1. The standard InChI is InChI=1S/C17H21BrN2/c1-12(13-5-2-3-6-13)20-11-14-8-9-16(18)15-7-4-10-19-17(14)15/h4,7-10,12-13,20H,2-3,5-6,11H2,1H3. The molecule has 1 aromatic carbocycles. The quantitative estimate of drug-likeness (QED) is 0.880. The van der Waals surface area contributed by atoms with Crippen molar-refractivity contribution in [3.8, 4) is 0 Å². The second kappa shape index (κ2) is 6.23. The number of nitrogens with zero attached hydrogens (tertiary/aromatic N) is 1. The maximum atomic E-state index is 4.55. The molecule has 2 nitrogen and oxygen atoms in total. The van der Waals surface area contributed by atoms with E-state index >= 15 is 0 Å². The maximum absolute atomic E-state index is 4.55. The molecule has 1 atom stereocenters. The minimum absolute atomic E-state index is 0.597. The third kappa shape index (κ3) is 2.89. The second-order valence-electron chi connectivity index (χ2n) is 5.82. The number of pyridine rings is 1. The first-order valence-corrected chi connectivity index (χ1v) is 8.30. The molecule has 2 aromatic rings. The number of benzene rings is 1. The van der Waals surface area contributed by atoms with Gasteiger partial charge in [0, 0.05) is 28.6 Å². The van der Waals surface area contributed by atoms with Crippen LogP contribution in [0, 0.1) is 5.92 Å². The molecule has 1 aromatic heterocycles. The summed E-state index contributed by atoms with van der Waals surface area (Å²) in [6.45, 7) is 3.23. The molecule has 1 unspecified atom stereocenters. The molecular weight excluding hydrogens is 312 g/mol. The third-order valence-electron chi connectivity index (χ3n) is 4.52. The molecule has 106 valence electrons. The number of hydrogen-bond acceptors (Lipinski definition) is 2. The van der Waals surface area contributed by atoms with Gasteiger partial charge in [0.2, 0.25) is 0 Å². The van der Waals surface area contributed by atoms with E-state index in [9.17, 15) is 0 Å². The number of fused-ring (bicyclic) bond motifs is 1. The van der Waals surface area contributed by atoms with Gasteiger partial charge in [0.25, 0.3) is 0 Å². The van der Waals surface area contributed by atoms with E-state index in [1.807, 2.05) is 12.3 Å². The van der Waals surface area contributed by atoms with Gasteiger partial charge in [0.15, 0.2) is 0 Å². The summed E-state index contributed by atoms with van der Waals surface area (Å²) < 4.78 is 1.12. The summed E-state index contributed by atoms with van der Waals surface area (Å²) in [5, 5.41) is 4.89. The minimum Gasteiger partial charge on any atom is -0.310 e. The molecule has 1 saturated carbocycles. The molecule has 3 rings (SSSR count). The van der Waals surface area contributed by atoms with Crippen molar-refractivity contribution in [3.05, 3.63) is 40.5 Å². The monoisotopic (exact) mass is 332 g/mol. The van der Waals surface area contributed by atoms with Gasteiger partial charge >= 0.3 is 0 Å². The van der Waals surface area contributed by atoms with E-state index in [1.165, 1.54) is 36.6 Å². The summed E-state index contributed by atoms with van der Waals surface area (Å²) in [4.78, 5) is 4.55. The summed E-state index contributed by atoms with van der Waals surface area (Å²) in [5.74, 6) is 0.852. The van der Waals surface area contributed by atoms with Crippen molar-refractivity contribution in [2.45, 2.75) is 45.2 Å². The Morgan fingerprint density at radius 1 is 1.30 bits per heavy atom. The van der Waals surface area contributed by atoms with Crippen LogP contribution < -0.4 is 5.32 Å². The predicted octanol–water partition coefficient (Wildman–Crippen LogP) is 4.67. The topological polar surface area (TPSA) is 24.9 Å². The molecule has 1 fully saturated rings. The minimum atomic E-state index is 0.597. The van der Waals surface area contributed by atoms with Crippen LogP contribution in [0.25, 0.3) is 10.9 Å². The number of nitrogens with one attached hydrogen (secondary N) is 1. The first-order chi connectivity index (χ1) is 9.75. The number of hydrogen-bond donors (Lipinski definition) is 1. The molecule has 0 bridgehead atoms. The van der Waals surface area contributed by atoms with Crippen molar-refractivity contribution in [2.75, 3.05) is 0 Å². The van der Waals surface area contributed by atoms with Gasteiger partial charge in [0.1, 0.15) is 0 Å². The van der Waals surface area contributed by atoms with Crippen LogP contribution in [-0.4, -0.2) is 11.0 Å². The molecule has 0 spiro atoms. The second-order valence-corrected chi connectivity index (χ2v) is 6.67. The van der Waals surface area contributed by atoms with E-state index in [-0.39, 0.29) is 0 Å². The molecule has 20 heavy (non-hydrogen) atoms. The molecular formula is C17H21BrN2. The molecule has 0 aliphatic heterocycles. The fourth-order valence-electron chi connectivity index (χ4n) is 3.23. The predicted molar refractivity (Wildman–Crippen MR) is 87.7 cm³/mol. The SMILES string of the molecule is CC(NCc1ccc(Br)c2cccnc12)C1CCCC1. The lowest BCUT2D eigenvalue weighted by Gasteiger charge is -2.20.